The van der Waals surface area contributed by atoms with Crippen LogP contribution in [0.1, 0.15) is 0 Å². The van der Waals surface area contributed by atoms with Crippen molar-refractivity contribution in [1.29, 1.82) is 0 Å². The van der Waals surface area contributed by atoms with Crippen molar-refractivity contribution in [1.82, 2.24) is 4.57 Å². The third-order valence-corrected chi connectivity index (χ3v) is 3.71. The predicted octanol–water partition coefficient (Wildman–Crippen LogP) is 4.37. The first-order valence-corrected chi connectivity index (χ1v) is 6.69. The molecule has 0 saturated heterocycles. The fraction of sp³-hybridized carbons (Fsp3) is 0. The number of aromatic nitrogens is 1. The minimum atomic E-state index is 0.789. The van der Waals surface area contributed by atoms with Gasteiger partial charge in [0.25, 0.3) is 0 Å². The Morgan fingerprint density at radius 2 is 1.35 bits per heavy atom. The quantitative estimate of drug-likeness (QED) is 0.505. The van der Waals surface area contributed by atoms with Gasteiger partial charge in [-0.15, -0.1) is 0 Å². The zero-order valence-electron chi connectivity index (χ0n) is 11.0. The number of hydrogen-bond donors (Lipinski definition) is 1. The number of hydrogen-bond acceptors (Lipinski definition) is 1. The van der Waals surface area contributed by atoms with Crippen LogP contribution in [0.15, 0.2) is 72.8 Å². The summed E-state index contributed by atoms with van der Waals surface area (Å²) in [4.78, 5) is 0. The fourth-order valence-corrected chi connectivity index (χ4v) is 2.84. The molecular formula is C18H14N2. The number of nitrogens with two attached hydrogens (primary N) is 1. The molecule has 0 unspecified atom stereocenters. The number of nitrogens with zero attached hydrogens (tertiary/aromatic N) is 1. The van der Waals surface area contributed by atoms with Crippen LogP contribution in [0.4, 0.5) is 5.69 Å². The first-order chi connectivity index (χ1) is 9.84. The minimum absolute atomic E-state index is 0.789. The van der Waals surface area contributed by atoms with Gasteiger partial charge in [-0.05, 0) is 30.3 Å². The van der Waals surface area contributed by atoms with E-state index in [-0.39, 0.29) is 0 Å². The lowest BCUT2D eigenvalue weighted by molar-refractivity contribution is 1.18. The molecule has 0 radical (unpaired) electrons. The Hall–Kier alpha value is -2.74. The molecule has 0 aliphatic carbocycles. The van der Waals surface area contributed by atoms with E-state index in [1.54, 1.807) is 0 Å². The Bertz CT molecular complexity index is 905. The molecule has 2 N–H and O–H groups in total. The van der Waals surface area contributed by atoms with Crippen LogP contribution >= 0.6 is 0 Å². The summed E-state index contributed by atoms with van der Waals surface area (Å²) in [7, 11) is 0. The summed E-state index contributed by atoms with van der Waals surface area (Å²) in [6, 6.07) is 25.0. The van der Waals surface area contributed by atoms with Crippen molar-refractivity contribution in [3.8, 4) is 5.69 Å². The van der Waals surface area contributed by atoms with Gasteiger partial charge in [0.05, 0.1) is 11.0 Å². The van der Waals surface area contributed by atoms with E-state index in [0.717, 1.165) is 16.9 Å². The largest absolute Gasteiger partial charge is 0.399 e. The highest BCUT2D eigenvalue weighted by Crippen LogP contribution is 2.32. The summed E-state index contributed by atoms with van der Waals surface area (Å²) in [5.41, 5.74) is 10.3. The van der Waals surface area contributed by atoms with Gasteiger partial charge in [-0.2, -0.15) is 0 Å². The van der Waals surface area contributed by atoms with Gasteiger partial charge in [0, 0.05) is 22.1 Å². The monoisotopic (exact) mass is 258 g/mol. The normalized spacial score (nSPS) is 11.2. The molecule has 0 atom stereocenters. The Labute approximate surface area is 117 Å². The van der Waals surface area contributed by atoms with Gasteiger partial charge in [-0.1, -0.05) is 42.5 Å². The number of rotatable bonds is 1. The van der Waals surface area contributed by atoms with Crippen LogP contribution in [0.2, 0.25) is 0 Å². The molecule has 0 spiro atoms. The molecule has 4 aromatic rings. The van der Waals surface area contributed by atoms with Crippen LogP contribution in [0.25, 0.3) is 27.5 Å². The van der Waals surface area contributed by atoms with Crippen LogP contribution in [0, 0.1) is 0 Å². The summed E-state index contributed by atoms with van der Waals surface area (Å²) in [5.74, 6) is 0. The predicted molar refractivity (Wildman–Crippen MR) is 85.2 cm³/mol. The summed E-state index contributed by atoms with van der Waals surface area (Å²) in [6.45, 7) is 0. The minimum Gasteiger partial charge on any atom is -0.399 e. The molecule has 0 bridgehead atoms. The maximum atomic E-state index is 5.98. The lowest BCUT2D eigenvalue weighted by Crippen LogP contribution is -1.93. The Morgan fingerprint density at radius 1 is 0.650 bits per heavy atom. The highest BCUT2D eigenvalue weighted by molar-refractivity contribution is 6.09. The van der Waals surface area contributed by atoms with Gasteiger partial charge < -0.3 is 10.3 Å². The van der Waals surface area contributed by atoms with Gasteiger partial charge in [0.15, 0.2) is 0 Å². The summed E-state index contributed by atoms with van der Waals surface area (Å²) in [6.07, 6.45) is 0. The van der Waals surface area contributed by atoms with E-state index in [9.17, 15) is 0 Å². The van der Waals surface area contributed by atoms with E-state index in [4.69, 9.17) is 5.73 Å². The smallest absolute Gasteiger partial charge is 0.0561 e. The van der Waals surface area contributed by atoms with Crippen molar-refractivity contribution in [2.75, 3.05) is 5.73 Å². The third-order valence-electron chi connectivity index (χ3n) is 3.71. The molecule has 0 aliphatic heterocycles. The lowest BCUT2D eigenvalue weighted by Gasteiger charge is -2.07. The Kier molecular flexibility index (Phi) is 2.30. The van der Waals surface area contributed by atoms with Crippen molar-refractivity contribution in [2.45, 2.75) is 0 Å². The van der Waals surface area contributed by atoms with E-state index in [2.05, 4.69) is 59.2 Å². The molecule has 96 valence electrons. The maximum Gasteiger partial charge on any atom is 0.0561 e. The first kappa shape index (κ1) is 11.1. The SMILES string of the molecule is Nc1ccc2c3ccccc3n(-c3ccccc3)c2c1. The zero-order chi connectivity index (χ0) is 13.5. The molecule has 0 fully saturated rings. The van der Waals surface area contributed by atoms with Crippen molar-refractivity contribution in [2.24, 2.45) is 0 Å². The summed E-state index contributed by atoms with van der Waals surface area (Å²) in [5, 5.41) is 2.49. The van der Waals surface area contributed by atoms with Gasteiger partial charge in [0.2, 0.25) is 0 Å². The van der Waals surface area contributed by atoms with Crippen LogP contribution in [0.3, 0.4) is 0 Å². The molecule has 4 rings (SSSR count). The molecule has 0 aliphatic rings. The van der Waals surface area contributed by atoms with E-state index in [1.807, 2.05) is 18.2 Å². The average Bonchev–Trinajstić information content (AvgIpc) is 2.81. The lowest BCUT2D eigenvalue weighted by atomic mass is 10.1. The van der Waals surface area contributed by atoms with Crippen LogP contribution in [-0.2, 0) is 0 Å². The Morgan fingerprint density at radius 3 is 2.20 bits per heavy atom. The van der Waals surface area contributed by atoms with E-state index in [0.29, 0.717) is 0 Å². The van der Waals surface area contributed by atoms with E-state index >= 15 is 0 Å². The maximum absolute atomic E-state index is 5.98. The van der Waals surface area contributed by atoms with Crippen LogP contribution in [0.5, 0.6) is 0 Å². The molecule has 20 heavy (non-hydrogen) atoms. The Balaban J connectivity index is 2.23. The van der Waals surface area contributed by atoms with Crippen molar-refractivity contribution < 1.29 is 0 Å². The molecule has 3 aromatic carbocycles. The number of anilines is 1. The topological polar surface area (TPSA) is 30.9 Å². The van der Waals surface area contributed by atoms with Crippen LogP contribution < -0.4 is 5.73 Å². The highest BCUT2D eigenvalue weighted by Gasteiger charge is 2.11. The van der Waals surface area contributed by atoms with E-state index < -0.39 is 0 Å². The third kappa shape index (κ3) is 1.51. The molecule has 1 aromatic heterocycles. The molecule has 2 heteroatoms. The number of benzene rings is 3. The van der Waals surface area contributed by atoms with Gasteiger partial charge in [-0.3, -0.25) is 0 Å². The van der Waals surface area contributed by atoms with E-state index in [1.165, 1.54) is 16.3 Å². The van der Waals surface area contributed by atoms with Gasteiger partial charge in [0.1, 0.15) is 0 Å². The van der Waals surface area contributed by atoms with Gasteiger partial charge >= 0.3 is 0 Å². The van der Waals surface area contributed by atoms with Crippen molar-refractivity contribution in [3.05, 3.63) is 72.8 Å². The molecule has 2 nitrogen and oxygen atoms in total. The standard InChI is InChI=1S/C18H14N2/c19-13-10-11-16-15-8-4-5-9-17(15)20(18(16)12-13)14-6-2-1-3-7-14/h1-12H,19H2. The second-order valence-electron chi connectivity index (χ2n) is 4.96. The molecule has 0 saturated carbocycles. The molecule has 1 heterocycles. The van der Waals surface area contributed by atoms with Crippen molar-refractivity contribution >= 4 is 27.5 Å². The second-order valence-corrected chi connectivity index (χ2v) is 4.96. The second kappa shape index (κ2) is 4.14. The van der Waals surface area contributed by atoms with Crippen molar-refractivity contribution in [3.63, 3.8) is 0 Å². The van der Waals surface area contributed by atoms with Gasteiger partial charge in [-0.25, -0.2) is 0 Å². The fourth-order valence-electron chi connectivity index (χ4n) is 2.84. The summed E-state index contributed by atoms with van der Waals surface area (Å²) >= 11 is 0. The zero-order valence-corrected chi connectivity index (χ0v) is 11.0. The van der Waals surface area contributed by atoms with Crippen LogP contribution in [-0.4, -0.2) is 4.57 Å². The number of fused-ring (bicyclic) bond motifs is 3. The highest BCUT2D eigenvalue weighted by atomic mass is 15.0. The summed E-state index contributed by atoms with van der Waals surface area (Å²) < 4.78 is 2.26. The molecule has 0 amide bonds. The molecular weight excluding hydrogens is 244 g/mol. The number of nitrogen functional groups attached to an aromatic ring is 1. The first-order valence-electron chi connectivity index (χ1n) is 6.69. The average molecular weight is 258 g/mol. The number of para-hydroxylation sites is 2.